The predicted molar refractivity (Wildman–Crippen MR) is 103 cm³/mol. The number of hydrogen-bond acceptors (Lipinski definition) is 2. The lowest BCUT2D eigenvalue weighted by Gasteiger charge is -2.61. The van der Waals surface area contributed by atoms with Gasteiger partial charge in [0.05, 0.1) is 0 Å². The maximum Gasteiger partial charge on any atom is 0.287 e. The Morgan fingerprint density at radius 1 is 0.821 bits per heavy atom. The van der Waals surface area contributed by atoms with Gasteiger partial charge in [-0.2, -0.15) is 0 Å². The first-order valence-electron chi connectivity index (χ1n) is 11.5. The number of ether oxygens (including phenoxy) is 2. The normalized spacial score (nSPS) is 48.5. The molecule has 0 saturated heterocycles. The molecular weight excluding hydrogens is 365 g/mol. The van der Waals surface area contributed by atoms with Gasteiger partial charge < -0.3 is 9.47 Å². The fraction of sp³-hybridized carbons (Fsp3) is 1.00. The molecule has 28 heavy (non-hydrogen) atoms. The number of alkyl halides is 3. The highest BCUT2D eigenvalue weighted by atomic mass is 19.3. The minimum atomic E-state index is -3.30. The van der Waals surface area contributed by atoms with Crippen LogP contribution in [0.4, 0.5) is 13.2 Å². The van der Waals surface area contributed by atoms with Crippen LogP contribution in [0, 0.1) is 29.1 Å². The van der Waals surface area contributed by atoms with Crippen molar-refractivity contribution in [2.24, 2.45) is 29.1 Å². The van der Waals surface area contributed by atoms with Crippen LogP contribution in [-0.4, -0.2) is 31.6 Å². The minimum absolute atomic E-state index is 0.0414. The third kappa shape index (κ3) is 3.23. The Bertz CT molecular complexity index is 528. The van der Waals surface area contributed by atoms with E-state index in [2.05, 4.69) is 6.92 Å². The van der Waals surface area contributed by atoms with Crippen LogP contribution in [0.1, 0.15) is 84.0 Å². The Kier molecular flexibility index (Phi) is 5.81. The van der Waals surface area contributed by atoms with Gasteiger partial charge in [-0.15, -0.1) is 0 Å². The SMILES string of the molecule is COCOC12CCC(C3CCC(C4CCC(C)CC4)CC3)(CC1)C(F)(F)C2F. The highest BCUT2D eigenvalue weighted by molar-refractivity contribution is 5.17. The standard InChI is InChI=1S/C23H37F3O2/c1-16-3-5-17(6-4-16)18-7-9-19(10-8-18)21-11-13-22(14-12-21,28-15-27-2)20(24)23(21,25)26/h16-20H,3-15H2,1-2H3. The highest BCUT2D eigenvalue weighted by Gasteiger charge is 2.74. The van der Waals surface area contributed by atoms with Crippen molar-refractivity contribution in [3.8, 4) is 0 Å². The molecule has 5 fully saturated rings. The van der Waals surface area contributed by atoms with Crippen LogP contribution in [0.25, 0.3) is 0 Å². The number of fused-ring (bicyclic) bond motifs is 3. The Morgan fingerprint density at radius 2 is 1.36 bits per heavy atom. The maximum absolute atomic E-state index is 15.4. The molecule has 5 rings (SSSR count). The summed E-state index contributed by atoms with van der Waals surface area (Å²) in [7, 11) is 1.45. The fourth-order valence-corrected chi connectivity index (χ4v) is 7.26. The highest BCUT2D eigenvalue weighted by Crippen LogP contribution is 2.67. The molecular formula is C23H37F3O2. The quantitative estimate of drug-likeness (QED) is 0.487. The van der Waals surface area contributed by atoms with Crippen LogP contribution in [-0.2, 0) is 9.47 Å². The maximum atomic E-state index is 15.4. The first kappa shape index (κ1) is 21.0. The summed E-state index contributed by atoms with van der Waals surface area (Å²) in [5.74, 6) is -1.00. The van der Waals surface area contributed by atoms with Gasteiger partial charge in [-0.25, -0.2) is 13.2 Å². The first-order valence-corrected chi connectivity index (χ1v) is 11.5. The summed E-state index contributed by atoms with van der Waals surface area (Å²) in [6.07, 6.45) is 8.44. The average Bonchev–Trinajstić information content (AvgIpc) is 2.72. The molecule has 0 aliphatic heterocycles. The number of methoxy groups -OCH3 is 1. The second-order valence-corrected chi connectivity index (χ2v) is 10.4. The summed E-state index contributed by atoms with van der Waals surface area (Å²) < 4.78 is 56.3. The van der Waals surface area contributed by atoms with E-state index in [1.54, 1.807) is 0 Å². The zero-order valence-electron chi connectivity index (χ0n) is 17.5. The largest absolute Gasteiger partial charge is 0.359 e. The summed E-state index contributed by atoms with van der Waals surface area (Å²) >= 11 is 0. The van der Waals surface area contributed by atoms with Crippen molar-refractivity contribution >= 4 is 0 Å². The van der Waals surface area contributed by atoms with Gasteiger partial charge in [0.15, 0.2) is 6.17 Å². The van der Waals surface area contributed by atoms with Crippen molar-refractivity contribution in [2.45, 2.75) is 102 Å². The van der Waals surface area contributed by atoms with Gasteiger partial charge in [-0.3, -0.25) is 0 Å². The molecule has 162 valence electrons. The Morgan fingerprint density at radius 3 is 1.89 bits per heavy atom. The van der Waals surface area contributed by atoms with Crippen molar-refractivity contribution in [3.05, 3.63) is 0 Å². The van der Waals surface area contributed by atoms with Gasteiger partial charge in [-0.05, 0) is 87.9 Å². The molecule has 1 unspecified atom stereocenters. The fourth-order valence-electron chi connectivity index (χ4n) is 7.26. The third-order valence-electron chi connectivity index (χ3n) is 9.18. The summed E-state index contributed by atoms with van der Waals surface area (Å²) in [6, 6.07) is 0. The minimum Gasteiger partial charge on any atom is -0.359 e. The van der Waals surface area contributed by atoms with E-state index in [1.165, 1.54) is 32.8 Å². The number of halogens is 3. The van der Waals surface area contributed by atoms with Crippen LogP contribution in [0.2, 0.25) is 0 Å². The second-order valence-electron chi connectivity index (χ2n) is 10.4. The van der Waals surface area contributed by atoms with Crippen molar-refractivity contribution in [2.75, 3.05) is 13.9 Å². The summed E-state index contributed by atoms with van der Waals surface area (Å²) in [5, 5.41) is 0. The van der Waals surface area contributed by atoms with E-state index in [-0.39, 0.29) is 12.7 Å². The molecule has 0 aromatic rings. The van der Waals surface area contributed by atoms with E-state index in [0.29, 0.717) is 31.6 Å². The van der Waals surface area contributed by atoms with Crippen molar-refractivity contribution < 1.29 is 22.6 Å². The van der Waals surface area contributed by atoms with E-state index in [9.17, 15) is 0 Å². The molecule has 5 heteroatoms. The Hall–Kier alpha value is -0.290. The molecule has 0 radical (unpaired) electrons. The van der Waals surface area contributed by atoms with E-state index in [4.69, 9.17) is 9.47 Å². The molecule has 0 aromatic heterocycles. The Labute approximate surface area is 167 Å². The number of rotatable bonds is 5. The lowest BCUT2D eigenvalue weighted by atomic mass is 9.48. The van der Waals surface area contributed by atoms with Crippen LogP contribution >= 0.6 is 0 Å². The molecule has 2 nitrogen and oxygen atoms in total. The molecule has 5 aliphatic carbocycles. The van der Waals surface area contributed by atoms with Crippen LogP contribution < -0.4 is 0 Å². The molecule has 5 aliphatic rings. The smallest absolute Gasteiger partial charge is 0.287 e. The molecule has 0 heterocycles. The zero-order chi connectivity index (χ0) is 20.0. The van der Waals surface area contributed by atoms with E-state index in [1.807, 2.05) is 0 Å². The second kappa shape index (κ2) is 7.76. The predicted octanol–water partition coefficient (Wildman–Crippen LogP) is 6.53. The molecule has 0 amide bonds. The molecule has 1 atom stereocenters. The van der Waals surface area contributed by atoms with E-state index >= 15 is 13.2 Å². The third-order valence-corrected chi connectivity index (χ3v) is 9.18. The topological polar surface area (TPSA) is 18.5 Å². The molecule has 2 bridgehead atoms. The van der Waals surface area contributed by atoms with Crippen molar-refractivity contribution in [1.29, 1.82) is 0 Å². The average molecular weight is 403 g/mol. The molecule has 0 aromatic carbocycles. The monoisotopic (exact) mass is 402 g/mol. The van der Waals surface area contributed by atoms with E-state index in [0.717, 1.165) is 37.5 Å². The summed E-state index contributed by atoms with van der Waals surface area (Å²) in [6.45, 7) is 2.22. The Balaban J connectivity index is 1.42. The van der Waals surface area contributed by atoms with E-state index < -0.39 is 23.1 Å². The van der Waals surface area contributed by atoms with Crippen molar-refractivity contribution in [1.82, 2.24) is 0 Å². The summed E-state index contributed by atoms with van der Waals surface area (Å²) in [5.41, 5.74) is -2.51. The van der Waals surface area contributed by atoms with Crippen LogP contribution in [0.15, 0.2) is 0 Å². The van der Waals surface area contributed by atoms with Gasteiger partial charge in [0.1, 0.15) is 12.4 Å². The van der Waals surface area contributed by atoms with Crippen LogP contribution in [0.3, 0.4) is 0 Å². The van der Waals surface area contributed by atoms with Crippen molar-refractivity contribution in [3.63, 3.8) is 0 Å². The molecule has 0 spiro atoms. The molecule has 5 saturated carbocycles. The van der Waals surface area contributed by atoms with Gasteiger partial charge in [0.2, 0.25) is 0 Å². The van der Waals surface area contributed by atoms with Gasteiger partial charge >= 0.3 is 0 Å². The first-order chi connectivity index (χ1) is 13.3. The summed E-state index contributed by atoms with van der Waals surface area (Å²) in [4.78, 5) is 0. The molecule has 0 N–H and O–H groups in total. The lowest BCUT2D eigenvalue weighted by molar-refractivity contribution is -0.326. The van der Waals surface area contributed by atoms with Gasteiger partial charge in [-0.1, -0.05) is 19.8 Å². The van der Waals surface area contributed by atoms with Gasteiger partial charge in [0, 0.05) is 12.5 Å². The van der Waals surface area contributed by atoms with Gasteiger partial charge in [0.25, 0.3) is 5.92 Å². The lowest BCUT2D eigenvalue weighted by Crippen LogP contribution is -2.69. The number of hydrogen-bond donors (Lipinski definition) is 0. The zero-order valence-corrected chi connectivity index (χ0v) is 17.5. The van der Waals surface area contributed by atoms with Crippen LogP contribution in [0.5, 0.6) is 0 Å².